The van der Waals surface area contributed by atoms with Gasteiger partial charge >= 0.3 is 10.4 Å². The highest BCUT2D eigenvalue weighted by molar-refractivity contribution is 7.80. The maximum absolute atomic E-state index is 12.9. The van der Waals surface area contributed by atoms with Gasteiger partial charge in [-0.15, -0.1) is 0 Å². The zero-order valence-corrected chi connectivity index (χ0v) is 33.9. The van der Waals surface area contributed by atoms with E-state index in [2.05, 4.69) is 23.3 Å². The smallest absolute Gasteiger partial charge is 0.387 e. The lowest BCUT2D eigenvalue weighted by Gasteiger charge is -2.40. The molecule has 0 aromatic rings. The second kappa shape index (κ2) is 32.0. The number of hydrogen-bond donors (Lipinski definition) is 6. The first kappa shape index (κ1) is 49.9. The van der Waals surface area contributed by atoms with Gasteiger partial charge in [0.2, 0.25) is 5.91 Å². The number of aliphatic hydroxyl groups excluding tert-OH is 4. The first-order valence-corrected chi connectivity index (χ1v) is 22.4. The maximum Gasteiger partial charge on any atom is 0.397 e. The van der Waals surface area contributed by atoms with Gasteiger partial charge in [-0.25, -0.2) is 4.18 Å². The third-order valence-electron chi connectivity index (χ3n) is 10.1. The summed E-state index contributed by atoms with van der Waals surface area (Å²) < 4.78 is 46.4. The molecule has 7 atom stereocenters. The molecule has 0 radical (unpaired) electrons. The number of rotatable bonds is 35. The molecule has 0 spiro atoms. The summed E-state index contributed by atoms with van der Waals surface area (Å²) >= 11 is 0. The van der Waals surface area contributed by atoms with E-state index in [1.165, 1.54) is 116 Å². The molecule has 1 amide bonds. The number of carbonyl (C=O) groups is 1. The molecule has 0 aromatic carbocycles. The van der Waals surface area contributed by atoms with Crippen LogP contribution in [0.2, 0.25) is 0 Å². The summed E-state index contributed by atoms with van der Waals surface area (Å²) in [4.78, 5) is 12.9. The molecule has 0 aromatic heterocycles. The highest BCUT2D eigenvalue weighted by Gasteiger charge is 2.45. The lowest BCUT2D eigenvalue weighted by atomic mass is 9.99. The second-order valence-electron chi connectivity index (χ2n) is 15.0. The Morgan fingerprint density at radius 2 is 1.15 bits per heavy atom. The summed E-state index contributed by atoms with van der Waals surface area (Å²) in [5.74, 6) is -0.250. The molecule has 0 bridgehead atoms. The van der Waals surface area contributed by atoms with Crippen molar-refractivity contribution < 1.29 is 51.8 Å². The Labute approximate surface area is 321 Å². The van der Waals surface area contributed by atoms with Crippen LogP contribution < -0.4 is 5.32 Å². The molecular weight excluding hydrogens is 703 g/mol. The molecule has 1 heterocycles. The number of carbonyl (C=O) groups excluding carboxylic acids is 1. The normalized spacial score (nSPS) is 22.0. The third kappa shape index (κ3) is 26.4. The summed E-state index contributed by atoms with van der Waals surface area (Å²) in [6, 6.07) is -0.912. The average Bonchev–Trinajstić information content (AvgIpc) is 3.12. The minimum atomic E-state index is -4.86. The van der Waals surface area contributed by atoms with E-state index in [0.29, 0.717) is 6.42 Å². The van der Waals surface area contributed by atoms with Crippen LogP contribution in [0.1, 0.15) is 181 Å². The van der Waals surface area contributed by atoms with Crippen LogP contribution in [0.3, 0.4) is 0 Å². The van der Waals surface area contributed by atoms with Crippen molar-refractivity contribution in [1.82, 2.24) is 5.32 Å². The third-order valence-corrected chi connectivity index (χ3v) is 10.5. The van der Waals surface area contributed by atoms with Gasteiger partial charge in [0.25, 0.3) is 0 Å². The molecule has 0 aliphatic carbocycles. The topological polar surface area (TPSA) is 192 Å². The Morgan fingerprint density at radius 1 is 0.698 bits per heavy atom. The zero-order chi connectivity index (χ0) is 39.2. The Balaban J connectivity index is 2.56. The van der Waals surface area contributed by atoms with Gasteiger partial charge in [0.05, 0.1) is 25.4 Å². The minimum Gasteiger partial charge on any atom is -0.387 e. The van der Waals surface area contributed by atoms with Crippen LogP contribution in [0.25, 0.3) is 0 Å². The summed E-state index contributed by atoms with van der Waals surface area (Å²) in [6.45, 7) is 3.31. The number of hydrogen-bond acceptors (Lipinski definition) is 10. The van der Waals surface area contributed by atoms with Gasteiger partial charge in [0, 0.05) is 6.42 Å². The molecule has 1 fully saturated rings. The Morgan fingerprint density at radius 3 is 1.62 bits per heavy atom. The summed E-state index contributed by atoms with van der Waals surface area (Å²) in [5, 5.41) is 44.9. The number of nitrogens with one attached hydrogen (secondary N) is 1. The van der Waals surface area contributed by atoms with Crippen LogP contribution >= 0.6 is 0 Å². The fourth-order valence-electron chi connectivity index (χ4n) is 6.65. The summed E-state index contributed by atoms with van der Waals surface area (Å²) in [7, 11) is -4.86. The Bertz CT molecular complexity index is 1010. The summed E-state index contributed by atoms with van der Waals surface area (Å²) in [5.41, 5.74) is 0. The molecule has 53 heavy (non-hydrogen) atoms. The van der Waals surface area contributed by atoms with E-state index >= 15 is 0 Å². The lowest BCUT2D eigenvalue weighted by Crippen LogP contribution is -2.60. The van der Waals surface area contributed by atoms with Crippen LogP contribution in [0, 0.1) is 0 Å². The van der Waals surface area contributed by atoms with Crippen molar-refractivity contribution in [3.8, 4) is 0 Å². The number of amides is 1. The standard InChI is InChI=1S/C40H77NO11S/c1-3-5-7-9-11-13-15-17-19-21-23-25-27-29-34(42)33(31-50-40-39(46)38(45)37(44)35(52-40)32-51-53(47,48)49)41-36(43)30-28-26-24-22-20-18-16-14-12-10-8-6-4-2/h27,29,33-35,37-40,42,44-46H,3-26,28,30-32H2,1-2H3,(H,41,43)(H,47,48,49)/b29-27+/t33-,34-,35-,37+,38+,39-,40-/m1/s1. The molecule has 12 nitrogen and oxygen atoms in total. The largest absolute Gasteiger partial charge is 0.397 e. The van der Waals surface area contributed by atoms with Crippen molar-refractivity contribution in [3.05, 3.63) is 12.2 Å². The molecule has 314 valence electrons. The van der Waals surface area contributed by atoms with Gasteiger partial charge in [0.15, 0.2) is 6.29 Å². The fraction of sp³-hybridized carbons (Fsp3) is 0.925. The van der Waals surface area contributed by atoms with E-state index in [0.717, 1.165) is 38.5 Å². The number of allylic oxidation sites excluding steroid dienone is 1. The molecule has 0 saturated carbocycles. The molecule has 13 heteroatoms. The highest BCUT2D eigenvalue weighted by atomic mass is 32.3. The van der Waals surface area contributed by atoms with Gasteiger partial charge in [-0.1, -0.05) is 167 Å². The van der Waals surface area contributed by atoms with Gasteiger partial charge < -0.3 is 35.2 Å². The number of aliphatic hydroxyl groups is 4. The average molecular weight is 780 g/mol. The van der Waals surface area contributed by atoms with Crippen molar-refractivity contribution in [2.24, 2.45) is 0 Å². The van der Waals surface area contributed by atoms with Crippen molar-refractivity contribution >= 4 is 16.3 Å². The van der Waals surface area contributed by atoms with Crippen LogP contribution in [-0.2, 0) is 28.9 Å². The second-order valence-corrected chi connectivity index (χ2v) is 16.1. The van der Waals surface area contributed by atoms with Gasteiger partial charge in [-0.2, -0.15) is 8.42 Å². The molecule has 1 aliphatic rings. The van der Waals surface area contributed by atoms with Gasteiger partial charge in [0.1, 0.15) is 24.4 Å². The maximum atomic E-state index is 12.9. The SMILES string of the molecule is CCCCCCCCCCCCC/C=C/[C@@H](O)[C@@H](CO[C@@H]1O[C@H](COS(=O)(=O)O)[C@H](O)[C@H](O)[C@H]1O)NC(=O)CCCCCCCCCCCCCCC. The van der Waals surface area contributed by atoms with Crippen LogP contribution in [-0.4, -0.2) is 95.4 Å². The molecule has 0 unspecified atom stereocenters. The van der Waals surface area contributed by atoms with E-state index < -0.39 is 59.9 Å². The predicted molar refractivity (Wildman–Crippen MR) is 209 cm³/mol. The summed E-state index contributed by atoms with van der Waals surface area (Å²) in [6.07, 6.45) is 24.4. The number of unbranched alkanes of at least 4 members (excludes halogenated alkanes) is 23. The highest BCUT2D eigenvalue weighted by Crippen LogP contribution is 2.23. The first-order chi connectivity index (χ1) is 25.5. The molecule has 1 aliphatic heterocycles. The quantitative estimate of drug-likeness (QED) is 0.0216. The number of ether oxygens (including phenoxy) is 2. The van der Waals surface area contributed by atoms with E-state index in [9.17, 15) is 33.6 Å². The molecule has 6 N–H and O–H groups in total. The van der Waals surface area contributed by atoms with Crippen molar-refractivity contribution in [1.29, 1.82) is 0 Å². The molecular formula is C40H77NO11S. The van der Waals surface area contributed by atoms with E-state index in [1.54, 1.807) is 6.08 Å². The van der Waals surface area contributed by atoms with Crippen molar-refractivity contribution in [2.75, 3.05) is 13.2 Å². The molecule has 1 rings (SSSR count). The van der Waals surface area contributed by atoms with E-state index in [-0.39, 0.29) is 18.9 Å². The van der Waals surface area contributed by atoms with Gasteiger partial charge in [-0.3, -0.25) is 9.35 Å². The van der Waals surface area contributed by atoms with Gasteiger partial charge in [-0.05, 0) is 19.3 Å². The Hall–Kier alpha value is -1.16. The monoisotopic (exact) mass is 780 g/mol. The Kier molecular flexibility index (Phi) is 30.1. The lowest BCUT2D eigenvalue weighted by molar-refractivity contribution is -0.301. The van der Waals surface area contributed by atoms with Crippen molar-refractivity contribution in [3.63, 3.8) is 0 Å². The fourth-order valence-corrected chi connectivity index (χ4v) is 6.95. The van der Waals surface area contributed by atoms with Crippen LogP contribution in [0.15, 0.2) is 12.2 Å². The van der Waals surface area contributed by atoms with E-state index in [4.69, 9.17) is 14.0 Å². The van der Waals surface area contributed by atoms with Crippen molar-refractivity contribution in [2.45, 2.75) is 224 Å². The molecule has 1 saturated heterocycles. The zero-order valence-electron chi connectivity index (χ0n) is 33.1. The van der Waals surface area contributed by atoms with Crippen LogP contribution in [0.4, 0.5) is 0 Å². The van der Waals surface area contributed by atoms with E-state index in [1.807, 2.05) is 6.08 Å². The minimum absolute atomic E-state index is 0.250. The van der Waals surface area contributed by atoms with Crippen LogP contribution in [0.5, 0.6) is 0 Å². The first-order valence-electron chi connectivity index (χ1n) is 21.1. The predicted octanol–water partition coefficient (Wildman–Crippen LogP) is 7.21.